The van der Waals surface area contributed by atoms with Crippen molar-refractivity contribution in [1.82, 2.24) is 36.9 Å². The van der Waals surface area contributed by atoms with E-state index in [1.807, 2.05) is 24.3 Å². The lowest BCUT2D eigenvalue weighted by atomic mass is 10.0. The van der Waals surface area contributed by atoms with Gasteiger partial charge in [0.25, 0.3) is 0 Å². The Balaban J connectivity index is 2.42. The maximum Gasteiger partial charge on any atom is 0.308 e. The molecule has 0 spiro atoms. The van der Waals surface area contributed by atoms with Crippen LogP contribution in [0.25, 0.3) is 10.9 Å². The van der Waals surface area contributed by atoms with Crippen LogP contribution in [0, 0.1) is 0 Å². The number of ether oxygens (including phenoxy) is 1. The number of Topliss-reactive ketones (excluding diaryl/α,β-unsaturated/α-hetero) is 1. The van der Waals surface area contributed by atoms with Gasteiger partial charge in [0.1, 0.15) is 30.0 Å². The van der Waals surface area contributed by atoms with E-state index in [1.54, 1.807) is 33.9 Å². The highest BCUT2D eigenvalue weighted by Gasteiger charge is 2.35. The van der Waals surface area contributed by atoms with E-state index in [0.717, 1.165) is 18.0 Å². The highest BCUT2D eigenvalue weighted by molar-refractivity contribution is 5.99. The lowest BCUT2D eigenvalue weighted by Gasteiger charge is -2.27. The van der Waals surface area contributed by atoms with Gasteiger partial charge in [0.2, 0.25) is 35.4 Å². The van der Waals surface area contributed by atoms with E-state index in [9.17, 15) is 43.5 Å². The molecule has 0 saturated carbocycles. The summed E-state index contributed by atoms with van der Waals surface area (Å²) in [6.45, 7) is 8.77. The number of hydrogen-bond donors (Lipinski definition) is 8. The number of aromatic nitrogens is 1. The number of esters is 1. The number of rotatable bonds is 18. The number of H-pyrrole nitrogens is 1. The number of aromatic amines is 1. The Morgan fingerprint density at radius 3 is 1.98 bits per heavy atom. The summed E-state index contributed by atoms with van der Waals surface area (Å²) in [5.41, 5.74) is 0.776. The van der Waals surface area contributed by atoms with Gasteiger partial charge in [-0.15, -0.1) is 0 Å². The van der Waals surface area contributed by atoms with Crippen LogP contribution in [0.5, 0.6) is 0 Å². The molecule has 0 saturated heterocycles. The number of para-hydroxylation sites is 1. The molecule has 0 aliphatic rings. The van der Waals surface area contributed by atoms with E-state index >= 15 is 0 Å². The van der Waals surface area contributed by atoms with Gasteiger partial charge in [0.05, 0.1) is 32.6 Å². The molecule has 1 aromatic carbocycles. The molecule has 5 unspecified atom stereocenters. The lowest BCUT2D eigenvalue weighted by molar-refractivity contribution is -0.144. The van der Waals surface area contributed by atoms with Gasteiger partial charge in [0, 0.05) is 35.5 Å². The lowest BCUT2D eigenvalue weighted by Crippen LogP contribution is -2.61. The second-order valence-electron chi connectivity index (χ2n) is 13.1. The highest BCUT2D eigenvalue weighted by atomic mass is 16.5. The van der Waals surface area contributed by atoms with E-state index in [0.29, 0.717) is 5.56 Å². The molecule has 280 valence electrons. The van der Waals surface area contributed by atoms with E-state index < -0.39 is 95.8 Å². The maximum absolute atomic E-state index is 13.8. The number of aliphatic hydroxyl groups is 1. The van der Waals surface area contributed by atoms with Crippen molar-refractivity contribution in [3.05, 3.63) is 36.0 Å². The summed E-state index contributed by atoms with van der Waals surface area (Å²) >= 11 is 0. The number of hydrogen-bond acceptors (Lipinski definition) is 10. The number of amides is 6. The van der Waals surface area contributed by atoms with Crippen LogP contribution in [-0.4, -0.2) is 107 Å². The second kappa shape index (κ2) is 19.2. The molecule has 51 heavy (non-hydrogen) atoms. The molecule has 2 aromatic rings. The third-order valence-electron chi connectivity index (χ3n) is 7.41. The zero-order chi connectivity index (χ0) is 38.5. The van der Waals surface area contributed by atoms with Crippen molar-refractivity contribution in [1.29, 1.82) is 0 Å². The van der Waals surface area contributed by atoms with E-state index in [-0.39, 0.29) is 19.4 Å². The average molecular weight is 716 g/mol. The molecule has 8 N–H and O–H groups in total. The molecule has 2 rings (SSSR count). The Hall–Kier alpha value is -5.32. The van der Waals surface area contributed by atoms with Crippen LogP contribution in [0.2, 0.25) is 0 Å². The third kappa shape index (κ3) is 13.8. The minimum atomic E-state index is -1.71. The predicted molar refractivity (Wildman–Crippen MR) is 185 cm³/mol. The van der Waals surface area contributed by atoms with Crippen LogP contribution in [0.4, 0.5) is 0 Å². The fourth-order valence-corrected chi connectivity index (χ4v) is 4.87. The predicted octanol–water partition coefficient (Wildman–Crippen LogP) is -0.986. The monoisotopic (exact) mass is 715 g/mol. The first kappa shape index (κ1) is 41.8. The standard InChI is InChI=1S/C34H49N7O10/c1-8-26(44)37-23(13-20-17-35-22-12-10-9-11-21(20)22)30(47)38-24(14-27(45)41-34(4,5)6)31(48)39-25(15-28(46)51-7)32(49)40-29(19(3)43)33(50)36-16-18(2)42/h9-12,17,19,23-25,29,35,43H,8,13-16H2,1-7H3,(H,36,50)(H,37,44)(H,38,47)(H,39,48)(H,40,49)(H,41,45). The van der Waals surface area contributed by atoms with E-state index in [1.165, 1.54) is 13.8 Å². The fourth-order valence-electron chi connectivity index (χ4n) is 4.87. The zero-order valence-corrected chi connectivity index (χ0v) is 29.9. The zero-order valence-electron chi connectivity index (χ0n) is 29.9. The molecule has 5 atom stereocenters. The van der Waals surface area contributed by atoms with Crippen molar-refractivity contribution in [2.45, 2.75) is 103 Å². The summed E-state index contributed by atoms with van der Waals surface area (Å²) < 4.78 is 4.67. The average Bonchev–Trinajstić information content (AvgIpc) is 3.46. The molecule has 0 radical (unpaired) electrons. The number of ketones is 1. The van der Waals surface area contributed by atoms with Gasteiger partial charge in [-0.3, -0.25) is 38.4 Å². The van der Waals surface area contributed by atoms with Crippen molar-refractivity contribution in [3.63, 3.8) is 0 Å². The third-order valence-corrected chi connectivity index (χ3v) is 7.41. The first-order valence-corrected chi connectivity index (χ1v) is 16.4. The van der Waals surface area contributed by atoms with Gasteiger partial charge in [-0.05, 0) is 46.2 Å². The fraction of sp³-hybridized carbons (Fsp3) is 0.529. The number of aliphatic hydroxyl groups excluding tert-OH is 1. The maximum atomic E-state index is 13.8. The molecule has 6 amide bonds. The van der Waals surface area contributed by atoms with Crippen LogP contribution < -0.4 is 31.9 Å². The van der Waals surface area contributed by atoms with Gasteiger partial charge in [-0.1, -0.05) is 25.1 Å². The minimum absolute atomic E-state index is 0.0178. The van der Waals surface area contributed by atoms with E-state index in [2.05, 4.69) is 41.6 Å². The topological polar surface area (TPSA) is 254 Å². The summed E-state index contributed by atoms with van der Waals surface area (Å²) in [4.78, 5) is 106. The normalized spacial score (nSPS) is 14.1. The van der Waals surface area contributed by atoms with Gasteiger partial charge >= 0.3 is 5.97 Å². The molecular formula is C34H49N7O10. The van der Waals surface area contributed by atoms with Crippen molar-refractivity contribution < 1.29 is 48.2 Å². The van der Waals surface area contributed by atoms with Crippen LogP contribution in [0.3, 0.4) is 0 Å². The molecule has 0 aliphatic heterocycles. The Labute approximate surface area is 295 Å². The summed E-state index contributed by atoms with van der Waals surface area (Å²) in [6.07, 6.45) is -1.03. The van der Waals surface area contributed by atoms with Crippen LogP contribution in [0.1, 0.15) is 66.4 Å². The molecule has 0 fully saturated rings. The number of nitrogens with one attached hydrogen (secondary N) is 7. The van der Waals surface area contributed by atoms with Gasteiger partial charge < -0.3 is 46.7 Å². The largest absolute Gasteiger partial charge is 0.469 e. The number of methoxy groups -OCH3 is 1. The number of carbonyl (C=O) groups is 8. The summed E-state index contributed by atoms with van der Waals surface area (Å²) in [5, 5.41) is 25.7. The molecule has 17 nitrogen and oxygen atoms in total. The van der Waals surface area contributed by atoms with Crippen LogP contribution >= 0.6 is 0 Å². The number of fused-ring (bicyclic) bond motifs is 1. The quantitative estimate of drug-likeness (QED) is 0.0875. The van der Waals surface area contributed by atoms with Crippen LogP contribution in [0.15, 0.2) is 30.5 Å². The van der Waals surface area contributed by atoms with Gasteiger partial charge in [-0.25, -0.2) is 0 Å². The number of benzene rings is 1. The van der Waals surface area contributed by atoms with Crippen molar-refractivity contribution in [2.24, 2.45) is 0 Å². The summed E-state index contributed by atoms with van der Waals surface area (Å²) in [7, 11) is 1.05. The molecule has 0 bridgehead atoms. The van der Waals surface area contributed by atoms with Crippen molar-refractivity contribution >= 4 is 58.1 Å². The summed E-state index contributed by atoms with van der Waals surface area (Å²) in [5.74, 6) is -6.27. The molecule has 0 aliphatic carbocycles. The van der Waals surface area contributed by atoms with Gasteiger partial charge in [-0.2, -0.15) is 0 Å². The Morgan fingerprint density at radius 2 is 1.41 bits per heavy atom. The molecule has 17 heteroatoms. The number of carbonyl (C=O) groups excluding carboxylic acids is 8. The molecular weight excluding hydrogens is 666 g/mol. The summed E-state index contributed by atoms with van der Waals surface area (Å²) in [6, 6.07) is 1.22. The second-order valence-corrected chi connectivity index (χ2v) is 13.1. The highest BCUT2D eigenvalue weighted by Crippen LogP contribution is 2.19. The minimum Gasteiger partial charge on any atom is -0.469 e. The van der Waals surface area contributed by atoms with Gasteiger partial charge in [0.15, 0.2) is 0 Å². The molecule has 1 heterocycles. The Morgan fingerprint density at radius 1 is 0.824 bits per heavy atom. The first-order valence-electron chi connectivity index (χ1n) is 16.4. The van der Waals surface area contributed by atoms with Crippen LogP contribution in [-0.2, 0) is 49.5 Å². The van der Waals surface area contributed by atoms with E-state index in [4.69, 9.17) is 0 Å². The Bertz CT molecular complexity index is 1600. The Kier molecular flexibility index (Phi) is 15.7. The SMILES string of the molecule is CCC(=O)NC(Cc1c[nH]c2ccccc12)C(=O)NC(CC(=O)NC(C)(C)C)C(=O)NC(CC(=O)OC)C(=O)NC(C(=O)NCC(C)=O)C(C)O. The molecule has 1 aromatic heterocycles. The smallest absolute Gasteiger partial charge is 0.308 e. The van der Waals surface area contributed by atoms with Crippen molar-refractivity contribution in [2.75, 3.05) is 13.7 Å². The first-order chi connectivity index (χ1) is 23.8. The van der Waals surface area contributed by atoms with Crippen molar-refractivity contribution in [3.8, 4) is 0 Å².